The predicted molar refractivity (Wildman–Crippen MR) is 58.9 cm³/mol. The van der Waals surface area contributed by atoms with Crippen molar-refractivity contribution in [3.05, 3.63) is 0 Å². The fourth-order valence-electron chi connectivity index (χ4n) is 2.63. The number of carbonyl (C=O) groups excluding carboxylic acids is 1. The zero-order valence-corrected chi connectivity index (χ0v) is 9.74. The molecule has 0 aromatic rings. The Morgan fingerprint density at radius 3 is 2.50 bits per heavy atom. The molecule has 1 N–H and O–H groups in total. The van der Waals surface area contributed by atoms with Gasteiger partial charge in [0.25, 0.3) is 0 Å². The summed E-state index contributed by atoms with van der Waals surface area (Å²) in [5.74, 6) is -0.197. The Labute approximate surface area is 95.6 Å². The molecule has 0 bridgehead atoms. The summed E-state index contributed by atoms with van der Waals surface area (Å²) < 4.78 is 0. The maximum atomic E-state index is 12.0. The number of amides is 1. The Kier molecular flexibility index (Phi) is 2.91. The molecule has 2 rings (SSSR count). The lowest BCUT2D eigenvalue weighted by atomic mass is 9.66. The molecule has 1 saturated carbocycles. The van der Waals surface area contributed by atoms with Crippen molar-refractivity contribution in [1.29, 1.82) is 0 Å². The van der Waals surface area contributed by atoms with Gasteiger partial charge in [0, 0.05) is 19.5 Å². The van der Waals surface area contributed by atoms with Gasteiger partial charge in [0.1, 0.15) is 0 Å². The molecule has 0 radical (unpaired) electrons. The molecule has 1 unspecified atom stereocenters. The normalized spacial score (nSPS) is 27.6. The monoisotopic (exact) mass is 225 g/mol. The van der Waals surface area contributed by atoms with Crippen LogP contribution in [0.15, 0.2) is 0 Å². The van der Waals surface area contributed by atoms with E-state index in [1.54, 1.807) is 0 Å². The highest BCUT2D eigenvalue weighted by Gasteiger charge is 2.46. The fraction of sp³-hybridized carbons (Fsp3) is 0.833. The molecule has 0 aromatic carbocycles. The van der Waals surface area contributed by atoms with E-state index in [9.17, 15) is 9.59 Å². The Morgan fingerprint density at radius 2 is 2.12 bits per heavy atom. The highest BCUT2D eigenvalue weighted by Crippen LogP contribution is 2.44. The number of hydrogen-bond donors (Lipinski definition) is 1. The predicted octanol–water partition coefficient (Wildman–Crippen LogP) is 1.50. The molecule has 1 aliphatic heterocycles. The Bertz CT molecular complexity index is 309. The van der Waals surface area contributed by atoms with Crippen molar-refractivity contribution in [3.63, 3.8) is 0 Å². The third-order valence-corrected chi connectivity index (χ3v) is 4.03. The third-order valence-electron chi connectivity index (χ3n) is 4.03. The van der Waals surface area contributed by atoms with Gasteiger partial charge in [-0.3, -0.25) is 9.59 Å². The van der Waals surface area contributed by atoms with E-state index in [0.29, 0.717) is 18.8 Å². The van der Waals surface area contributed by atoms with E-state index in [0.717, 1.165) is 25.9 Å². The van der Waals surface area contributed by atoms with Crippen molar-refractivity contribution in [2.24, 2.45) is 11.3 Å². The van der Waals surface area contributed by atoms with Crippen molar-refractivity contribution >= 4 is 11.9 Å². The summed E-state index contributed by atoms with van der Waals surface area (Å²) in [6, 6.07) is 0. The molecule has 90 valence electrons. The van der Waals surface area contributed by atoms with Crippen molar-refractivity contribution in [1.82, 2.24) is 4.90 Å². The number of likely N-dealkylation sites (tertiary alicyclic amines) is 1. The van der Waals surface area contributed by atoms with Crippen LogP contribution < -0.4 is 0 Å². The number of hydrogen-bond acceptors (Lipinski definition) is 2. The van der Waals surface area contributed by atoms with E-state index >= 15 is 0 Å². The molecule has 2 aliphatic rings. The van der Waals surface area contributed by atoms with Gasteiger partial charge in [0.2, 0.25) is 5.91 Å². The van der Waals surface area contributed by atoms with Crippen LogP contribution >= 0.6 is 0 Å². The number of nitrogens with zero attached hydrogens (tertiary/aromatic N) is 1. The summed E-state index contributed by atoms with van der Waals surface area (Å²) >= 11 is 0. The highest BCUT2D eigenvalue weighted by atomic mass is 16.4. The minimum atomic E-state index is -0.792. The first-order valence-corrected chi connectivity index (χ1v) is 6.05. The van der Waals surface area contributed by atoms with Crippen molar-refractivity contribution in [2.45, 2.75) is 39.0 Å². The Hall–Kier alpha value is -1.06. The maximum absolute atomic E-state index is 12.0. The molecule has 4 heteroatoms. The first-order chi connectivity index (χ1) is 7.53. The standard InChI is InChI=1S/C12H19NO3/c1-9-3-6-13(8-9)10(14)7-12(11(15)16)4-2-5-12/h9H,2-8H2,1H3,(H,15,16). The summed E-state index contributed by atoms with van der Waals surface area (Å²) in [5, 5.41) is 9.16. The van der Waals surface area contributed by atoms with Crippen molar-refractivity contribution < 1.29 is 14.7 Å². The Morgan fingerprint density at radius 1 is 1.44 bits per heavy atom. The van der Waals surface area contributed by atoms with Crippen LogP contribution in [0.25, 0.3) is 0 Å². The van der Waals surface area contributed by atoms with Gasteiger partial charge in [-0.2, -0.15) is 0 Å². The van der Waals surface area contributed by atoms with Gasteiger partial charge in [-0.25, -0.2) is 0 Å². The van der Waals surface area contributed by atoms with E-state index in [-0.39, 0.29) is 12.3 Å². The summed E-state index contributed by atoms with van der Waals surface area (Å²) in [4.78, 5) is 24.9. The number of aliphatic carboxylic acids is 1. The van der Waals surface area contributed by atoms with Crippen LogP contribution in [0.2, 0.25) is 0 Å². The number of rotatable bonds is 3. The zero-order valence-electron chi connectivity index (χ0n) is 9.74. The Balaban J connectivity index is 1.94. The summed E-state index contributed by atoms with van der Waals surface area (Å²) in [5.41, 5.74) is -0.733. The lowest BCUT2D eigenvalue weighted by molar-refractivity contribution is -0.159. The molecule has 0 spiro atoms. The van der Waals surface area contributed by atoms with E-state index < -0.39 is 11.4 Å². The van der Waals surface area contributed by atoms with Crippen LogP contribution in [0.3, 0.4) is 0 Å². The quantitative estimate of drug-likeness (QED) is 0.791. The average molecular weight is 225 g/mol. The van der Waals surface area contributed by atoms with E-state index in [4.69, 9.17) is 5.11 Å². The van der Waals surface area contributed by atoms with Gasteiger partial charge >= 0.3 is 5.97 Å². The van der Waals surface area contributed by atoms with Crippen LogP contribution in [0.4, 0.5) is 0 Å². The largest absolute Gasteiger partial charge is 0.481 e. The van der Waals surface area contributed by atoms with Gasteiger partial charge in [0.05, 0.1) is 5.41 Å². The van der Waals surface area contributed by atoms with Crippen molar-refractivity contribution in [3.8, 4) is 0 Å². The maximum Gasteiger partial charge on any atom is 0.310 e. The smallest absolute Gasteiger partial charge is 0.310 e. The van der Waals surface area contributed by atoms with Crippen LogP contribution in [0.1, 0.15) is 39.0 Å². The van der Waals surface area contributed by atoms with Gasteiger partial charge in [-0.05, 0) is 25.2 Å². The molecule has 1 saturated heterocycles. The highest BCUT2D eigenvalue weighted by molar-refractivity contribution is 5.85. The molecule has 1 atom stereocenters. The molecule has 1 heterocycles. The fourth-order valence-corrected chi connectivity index (χ4v) is 2.63. The van der Waals surface area contributed by atoms with Gasteiger partial charge in [-0.15, -0.1) is 0 Å². The molecular formula is C12H19NO3. The minimum absolute atomic E-state index is 0.0338. The third kappa shape index (κ3) is 1.93. The summed E-state index contributed by atoms with van der Waals surface area (Å²) in [6.07, 6.45) is 3.52. The first kappa shape index (κ1) is 11.4. The van der Waals surface area contributed by atoms with Crippen LogP contribution in [-0.2, 0) is 9.59 Å². The van der Waals surface area contributed by atoms with Gasteiger partial charge < -0.3 is 10.0 Å². The zero-order chi connectivity index (χ0) is 11.8. The van der Waals surface area contributed by atoms with Gasteiger partial charge in [0.15, 0.2) is 0 Å². The second-order valence-electron chi connectivity index (χ2n) is 5.35. The molecule has 4 nitrogen and oxygen atoms in total. The van der Waals surface area contributed by atoms with E-state index in [1.165, 1.54) is 0 Å². The SMILES string of the molecule is CC1CCN(C(=O)CC2(C(=O)O)CCC2)C1. The van der Waals surface area contributed by atoms with Crippen molar-refractivity contribution in [2.75, 3.05) is 13.1 Å². The van der Waals surface area contributed by atoms with E-state index in [2.05, 4.69) is 6.92 Å². The number of carbonyl (C=O) groups is 2. The second-order valence-corrected chi connectivity index (χ2v) is 5.35. The van der Waals surface area contributed by atoms with Crippen LogP contribution in [-0.4, -0.2) is 35.0 Å². The number of carboxylic acid groups (broad SMARTS) is 1. The number of carboxylic acids is 1. The lowest BCUT2D eigenvalue weighted by Crippen LogP contribution is -2.43. The second kappa shape index (κ2) is 4.07. The molecule has 0 aromatic heterocycles. The molecular weight excluding hydrogens is 206 g/mol. The average Bonchev–Trinajstić information content (AvgIpc) is 2.57. The van der Waals surface area contributed by atoms with Gasteiger partial charge in [-0.1, -0.05) is 13.3 Å². The van der Waals surface area contributed by atoms with Crippen LogP contribution in [0, 0.1) is 11.3 Å². The first-order valence-electron chi connectivity index (χ1n) is 6.05. The molecule has 16 heavy (non-hydrogen) atoms. The lowest BCUT2D eigenvalue weighted by Gasteiger charge is -2.38. The van der Waals surface area contributed by atoms with Crippen LogP contribution in [0.5, 0.6) is 0 Å². The molecule has 2 fully saturated rings. The minimum Gasteiger partial charge on any atom is -0.481 e. The van der Waals surface area contributed by atoms with E-state index in [1.807, 2.05) is 4.90 Å². The molecule has 1 amide bonds. The topological polar surface area (TPSA) is 57.6 Å². The molecule has 1 aliphatic carbocycles. The summed E-state index contributed by atoms with van der Waals surface area (Å²) in [7, 11) is 0. The summed E-state index contributed by atoms with van der Waals surface area (Å²) in [6.45, 7) is 3.73.